The highest BCUT2D eigenvalue weighted by Crippen LogP contribution is 2.33. The highest BCUT2D eigenvalue weighted by Gasteiger charge is 2.27. The van der Waals surface area contributed by atoms with E-state index in [2.05, 4.69) is 16.0 Å². The Morgan fingerprint density at radius 1 is 1.20 bits per heavy atom. The minimum atomic E-state index is -0.637. The van der Waals surface area contributed by atoms with Crippen LogP contribution in [0, 0.1) is 0 Å². The van der Waals surface area contributed by atoms with Gasteiger partial charge in [-0.05, 0) is 37.2 Å². The number of hydrogen-bond donors (Lipinski definition) is 3. The molecular weight excluding hydrogens is 318 g/mol. The lowest BCUT2D eigenvalue weighted by atomic mass is 10.1. The fourth-order valence-corrected chi connectivity index (χ4v) is 2.65. The molecule has 1 unspecified atom stereocenters. The number of hydrogen-bond acceptors (Lipinski definition) is 4. The first-order chi connectivity index (χ1) is 12.1. The van der Waals surface area contributed by atoms with Crippen LogP contribution in [-0.4, -0.2) is 24.5 Å². The van der Waals surface area contributed by atoms with E-state index in [0.717, 1.165) is 17.8 Å². The van der Waals surface area contributed by atoms with E-state index in [1.54, 1.807) is 25.1 Å². The molecule has 0 spiro atoms. The van der Waals surface area contributed by atoms with Crippen molar-refractivity contribution in [3.63, 3.8) is 0 Å². The molecule has 1 atom stereocenters. The molecule has 2 aromatic carbocycles. The smallest absolute Gasteiger partial charge is 0.265 e. The van der Waals surface area contributed by atoms with Crippen LogP contribution in [0.3, 0.4) is 0 Å². The molecule has 2 aromatic rings. The van der Waals surface area contributed by atoms with Crippen molar-refractivity contribution < 1.29 is 14.3 Å². The minimum absolute atomic E-state index is 0.221. The normalized spacial score (nSPS) is 15.8. The van der Waals surface area contributed by atoms with Gasteiger partial charge in [0, 0.05) is 12.2 Å². The average Bonchev–Trinajstić information content (AvgIpc) is 2.61. The molecule has 6 heteroatoms. The molecule has 0 radical (unpaired) electrons. The molecule has 0 bridgehead atoms. The Morgan fingerprint density at radius 3 is 2.80 bits per heavy atom. The van der Waals surface area contributed by atoms with Gasteiger partial charge in [-0.2, -0.15) is 0 Å². The number of carbonyl (C=O) groups excluding carboxylic acids is 2. The lowest BCUT2D eigenvalue weighted by Gasteiger charge is -2.25. The van der Waals surface area contributed by atoms with Crippen molar-refractivity contribution in [1.82, 2.24) is 5.32 Å². The summed E-state index contributed by atoms with van der Waals surface area (Å²) in [5, 5.41) is 8.95. The number of nitrogens with one attached hydrogen (secondary N) is 3. The van der Waals surface area contributed by atoms with Crippen molar-refractivity contribution in [3.05, 3.63) is 53.6 Å². The summed E-state index contributed by atoms with van der Waals surface area (Å²) in [6, 6.07) is 12.8. The summed E-state index contributed by atoms with van der Waals surface area (Å²) in [6.45, 7) is 5.20. The lowest BCUT2D eigenvalue weighted by Crippen LogP contribution is -2.35. The zero-order valence-electron chi connectivity index (χ0n) is 14.3. The van der Waals surface area contributed by atoms with Crippen LogP contribution in [-0.2, 0) is 11.3 Å². The van der Waals surface area contributed by atoms with Gasteiger partial charge in [-0.15, -0.1) is 0 Å². The number of anilines is 2. The maximum atomic E-state index is 12.8. The van der Waals surface area contributed by atoms with E-state index in [4.69, 9.17) is 4.74 Å². The van der Waals surface area contributed by atoms with E-state index in [-0.39, 0.29) is 11.8 Å². The molecule has 1 aliphatic rings. The molecule has 0 saturated heterocycles. The molecule has 6 nitrogen and oxygen atoms in total. The van der Waals surface area contributed by atoms with Crippen molar-refractivity contribution in [2.75, 3.05) is 17.2 Å². The zero-order chi connectivity index (χ0) is 17.8. The monoisotopic (exact) mass is 339 g/mol. The number of amides is 2. The number of para-hydroxylation sites is 2. The highest BCUT2D eigenvalue weighted by molar-refractivity contribution is 6.09. The molecule has 1 heterocycles. The summed E-state index contributed by atoms with van der Waals surface area (Å²) in [6.07, 6.45) is -0.637. The predicted octanol–water partition coefficient (Wildman–Crippen LogP) is 2.77. The number of fused-ring (bicyclic) bond motifs is 1. The number of ether oxygens (including phenoxy) is 1. The van der Waals surface area contributed by atoms with E-state index < -0.39 is 6.10 Å². The molecule has 3 N–H and O–H groups in total. The summed E-state index contributed by atoms with van der Waals surface area (Å²) >= 11 is 0. The Kier molecular flexibility index (Phi) is 5.00. The third-order valence-corrected chi connectivity index (χ3v) is 4.01. The van der Waals surface area contributed by atoms with Crippen molar-refractivity contribution in [2.45, 2.75) is 26.5 Å². The number of carbonyl (C=O) groups is 2. The second-order valence-electron chi connectivity index (χ2n) is 5.82. The van der Waals surface area contributed by atoms with Crippen LogP contribution in [0.1, 0.15) is 29.8 Å². The van der Waals surface area contributed by atoms with Crippen LogP contribution in [0.15, 0.2) is 42.5 Å². The van der Waals surface area contributed by atoms with Gasteiger partial charge in [0.1, 0.15) is 0 Å². The van der Waals surface area contributed by atoms with Crippen LogP contribution < -0.4 is 20.7 Å². The largest absolute Gasteiger partial charge is 0.478 e. The Labute approximate surface area is 146 Å². The summed E-state index contributed by atoms with van der Waals surface area (Å²) in [5.41, 5.74) is 2.66. The molecule has 0 saturated carbocycles. The van der Waals surface area contributed by atoms with Gasteiger partial charge in [-0.25, -0.2) is 0 Å². The SMILES string of the molecule is CCNCc1ccccc1NC(=O)c1cccc2c1OC(C)C(=O)N2. The Balaban J connectivity index is 1.86. The van der Waals surface area contributed by atoms with E-state index in [1.165, 1.54) is 0 Å². The maximum Gasteiger partial charge on any atom is 0.265 e. The molecule has 0 aromatic heterocycles. The molecule has 1 aliphatic heterocycles. The molecule has 3 rings (SSSR count). The van der Waals surface area contributed by atoms with Crippen molar-refractivity contribution in [2.24, 2.45) is 0 Å². The fraction of sp³-hybridized carbons (Fsp3) is 0.263. The number of benzene rings is 2. The third kappa shape index (κ3) is 3.64. The summed E-state index contributed by atoms with van der Waals surface area (Å²) in [5.74, 6) is -0.0959. The fourth-order valence-electron chi connectivity index (χ4n) is 2.65. The molecule has 25 heavy (non-hydrogen) atoms. The van der Waals surface area contributed by atoms with Crippen LogP contribution in [0.4, 0.5) is 11.4 Å². The standard InChI is InChI=1S/C19H21N3O3/c1-3-20-11-13-7-4-5-9-15(13)21-19(24)14-8-6-10-16-17(14)25-12(2)18(23)22-16/h4-10,12,20H,3,11H2,1-2H3,(H,21,24)(H,22,23). The quantitative estimate of drug-likeness (QED) is 0.783. The van der Waals surface area contributed by atoms with Crippen LogP contribution >= 0.6 is 0 Å². The predicted molar refractivity (Wildman–Crippen MR) is 96.9 cm³/mol. The van der Waals surface area contributed by atoms with Crippen molar-refractivity contribution in [3.8, 4) is 5.75 Å². The van der Waals surface area contributed by atoms with Gasteiger partial charge in [0.25, 0.3) is 11.8 Å². The van der Waals surface area contributed by atoms with Gasteiger partial charge in [0.2, 0.25) is 0 Å². The van der Waals surface area contributed by atoms with Gasteiger partial charge in [-0.1, -0.05) is 31.2 Å². The van der Waals surface area contributed by atoms with E-state index in [9.17, 15) is 9.59 Å². The first-order valence-corrected chi connectivity index (χ1v) is 8.30. The highest BCUT2D eigenvalue weighted by atomic mass is 16.5. The Morgan fingerprint density at radius 2 is 2.00 bits per heavy atom. The van der Waals surface area contributed by atoms with Gasteiger partial charge in [0.05, 0.1) is 11.3 Å². The Bertz CT molecular complexity index is 804. The molecule has 0 fully saturated rings. The molecule has 130 valence electrons. The van der Waals surface area contributed by atoms with Crippen LogP contribution in [0.2, 0.25) is 0 Å². The van der Waals surface area contributed by atoms with Gasteiger partial charge >= 0.3 is 0 Å². The van der Waals surface area contributed by atoms with Crippen molar-refractivity contribution in [1.29, 1.82) is 0 Å². The summed E-state index contributed by atoms with van der Waals surface area (Å²) < 4.78 is 5.64. The first-order valence-electron chi connectivity index (χ1n) is 8.30. The topological polar surface area (TPSA) is 79.5 Å². The van der Waals surface area contributed by atoms with Crippen LogP contribution in [0.5, 0.6) is 5.75 Å². The average molecular weight is 339 g/mol. The minimum Gasteiger partial charge on any atom is -0.478 e. The van der Waals surface area contributed by atoms with Gasteiger partial charge < -0.3 is 20.7 Å². The molecule has 0 aliphatic carbocycles. The summed E-state index contributed by atoms with van der Waals surface area (Å²) in [7, 11) is 0. The maximum absolute atomic E-state index is 12.8. The van der Waals surface area contributed by atoms with Crippen LogP contribution in [0.25, 0.3) is 0 Å². The summed E-state index contributed by atoms with van der Waals surface area (Å²) in [4.78, 5) is 24.5. The molecule has 2 amide bonds. The molecular formula is C19H21N3O3. The van der Waals surface area contributed by atoms with Gasteiger partial charge in [0.15, 0.2) is 11.9 Å². The second kappa shape index (κ2) is 7.36. The van der Waals surface area contributed by atoms with E-state index in [1.807, 2.05) is 31.2 Å². The van der Waals surface area contributed by atoms with E-state index in [0.29, 0.717) is 23.5 Å². The van der Waals surface area contributed by atoms with E-state index >= 15 is 0 Å². The second-order valence-corrected chi connectivity index (χ2v) is 5.82. The third-order valence-electron chi connectivity index (χ3n) is 4.01. The lowest BCUT2D eigenvalue weighted by molar-refractivity contribution is -0.122. The zero-order valence-corrected chi connectivity index (χ0v) is 14.3. The van der Waals surface area contributed by atoms with Crippen molar-refractivity contribution >= 4 is 23.2 Å². The first kappa shape index (κ1) is 17.0. The van der Waals surface area contributed by atoms with Gasteiger partial charge in [-0.3, -0.25) is 9.59 Å². The Hall–Kier alpha value is -2.86. The number of rotatable bonds is 5.